The summed E-state index contributed by atoms with van der Waals surface area (Å²) in [6, 6.07) is 16.3. The van der Waals surface area contributed by atoms with Crippen LogP contribution >= 0.6 is 0 Å². The number of nitrogens with zero attached hydrogens (tertiary/aromatic N) is 1. The summed E-state index contributed by atoms with van der Waals surface area (Å²) in [6.45, 7) is 0.0740. The van der Waals surface area contributed by atoms with Gasteiger partial charge in [-0.2, -0.15) is 0 Å². The Morgan fingerprint density at radius 3 is 2.28 bits per heavy atom. The summed E-state index contributed by atoms with van der Waals surface area (Å²) in [5.74, 6) is -1.27. The molecule has 1 aliphatic carbocycles. The SMILES string of the molecule is CN(Cc1ccccc1)C(=O)c1ccccc1C(=O)OCC(=O)NC1CCCC1. The van der Waals surface area contributed by atoms with E-state index in [2.05, 4.69) is 5.32 Å². The molecule has 2 aromatic carbocycles. The van der Waals surface area contributed by atoms with Gasteiger partial charge in [-0.25, -0.2) is 4.79 Å². The van der Waals surface area contributed by atoms with E-state index < -0.39 is 5.97 Å². The van der Waals surface area contributed by atoms with Crippen LogP contribution in [0.4, 0.5) is 0 Å². The van der Waals surface area contributed by atoms with E-state index in [0.717, 1.165) is 31.2 Å². The number of rotatable bonds is 7. The molecule has 1 N–H and O–H groups in total. The van der Waals surface area contributed by atoms with Gasteiger partial charge in [-0.15, -0.1) is 0 Å². The Balaban J connectivity index is 1.61. The first kappa shape index (κ1) is 20.6. The molecular weight excluding hydrogens is 368 g/mol. The van der Waals surface area contributed by atoms with Gasteiger partial charge in [-0.3, -0.25) is 9.59 Å². The molecule has 29 heavy (non-hydrogen) atoms. The molecular formula is C23H26N2O4. The minimum atomic E-state index is -0.677. The first-order valence-electron chi connectivity index (χ1n) is 9.89. The quantitative estimate of drug-likeness (QED) is 0.732. The van der Waals surface area contributed by atoms with Crippen molar-refractivity contribution >= 4 is 17.8 Å². The zero-order valence-electron chi connectivity index (χ0n) is 16.6. The van der Waals surface area contributed by atoms with Crippen molar-refractivity contribution in [3.8, 4) is 0 Å². The van der Waals surface area contributed by atoms with Crippen molar-refractivity contribution in [1.29, 1.82) is 0 Å². The maximum Gasteiger partial charge on any atom is 0.339 e. The van der Waals surface area contributed by atoms with E-state index in [1.165, 1.54) is 0 Å². The lowest BCUT2D eigenvalue weighted by molar-refractivity contribution is -0.124. The van der Waals surface area contributed by atoms with Gasteiger partial charge in [0.2, 0.25) is 0 Å². The Hall–Kier alpha value is -3.15. The molecule has 3 rings (SSSR count). The van der Waals surface area contributed by atoms with Gasteiger partial charge in [0.1, 0.15) is 0 Å². The summed E-state index contributed by atoms with van der Waals surface area (Å²) >= 11 is 0. The number of amides is 2. The van der Waals surface area contributed by atoms with E-state index in [4.69, 9.17) is 4.74 Å². The van der Waals surface area contributed by atoms with Crippen molar-refractivity contribution < 1.29 is 19.1 Å². The number of hydrogen-bond acceptors (Lipinski definition) is 4. The van der Waals surface area contributed by atoms with Crippen LogP contribution in [-0.2, 0) is 16.1 Å². The summed E-state index contributed by atoms with van der Waals surface area (Å²) in [5, 5.41) is 2.88. The van der Waals surface area contributed by atoms with Crippen LogP contribution in [0.5, 0.6) is 0 Å². The highest BCUT2D eigenvalue weighted by Gasteiger charge is 2.22. The molecule has 1 saturated carbocycles. The Kier molecular flexibility index (Phi) is 7.00. The lowest BCUT2D eigenvalue weighted by atomic mass is 10.1. The second kappa shape index (κ2) is 9.87. The number of carbonyl (C=O) groups excluding carboxylic acids is 3. The van der Waals surface area contributed by atoms with E-state index in [9.17, 15) is 14.4 Å². The molecule has 0 radical (unpaired) electrons. The Bertz CT molecular complexity index is 860. The summed E-state index contributed by atoms with van der Waals surface area (Å²) in [6.07, 6.45) is 4.14. The van der Waals surface area contributed by atoms with Crippen LogP contribution in [0, 0.1) is 0 Å². The standard InChI is InChI=1S/C23H26N2O4/c1-25(15-17-9-3-2-4-10-17)22(27)19-13-7-8-14-20(19)23(28)29-16-21(26)24-18-11-5-6-12-18/h2-4,7-10,13-14,18H,5-6,11-12,15-16H2,1H3,(H,24,26). The highest BCUT2D eigenvalue weighted by Crippen LogP contribution is 2.18. The number of nitrogens with one attached hydrogen (secondary N) is 1. The average molecular weight is 394 g/mol. The zero-order valence-corrected chi connectivity index (χ0v) is 16.6. The van der Waals surface area contributed by atoms with E-state index in [0.29, 0.717) is 6.54 Å². The van der Waals surface area contributed by atoms with Gasteiger partial charge in [0.05, 0.1) is 11.1 Å². The van der Waals surface area contributed by atoms with E-state index in [1.807, 2.05) is 30.3 Å². The fourth-order valence-corrected chi connectivity index (χ4v) is 3.53. The average Bonchev–Trinajstić information content (AvgIpc) is 3.25. The van der Waals surface area contributed by atoms with E-state index >= 15 is 0 Å². The Labute approximate surface area is 170 Å². The number of hydrogen-bond donors (Lipinski definition) is 1. The van der Waals surface area contributed by atoms with Gasteiger partial charge < -0.3 is 15.0 Å². The highest BCUT2D eigenvalue weighted by atomic mass is 16.5. The van der Waals surface area contributed by atoms with E-state index in [-0.39, 0.29) is 35.6 Å². The predicted octanol–water partition coefficient (Wildman–Crippen LogP) is 3.17. The summed E-state index contributed by atoms with van der Waals surface area (Å²) in [7, 11) is 1.69. The molecule has 1 aliphatic rings. The molecule has 0 saturated heterocycles. The molecule has 0 unspecified atom stereocenters. The number of carbonyl (C=O) groups is 3. The van der Waals surface area contributed by atoms with Crippen molar-refractivity contribution in [2.24, 2.45) is 0 Å². The third-order valence-electron chi connectivity index (χ3n) is 5.04. The van der Waals surface area contributed by atoms with Crippen LogP contribution in [0.3, 0.4) is 0 Å². The van der Waals surface area contributed by atoms with Crippen LogP contribution < -0.4 is 5.32 Å². The Morgan fingerprint density at radius 1 is 0.966 bits per heavy atom. The summed E-state index contributed by atoms with van der Waals surface area (Å²) in [5.41, 5.74) is 1.41. The molecule has 2 amide bonds. The minimum absolute atomic E-state index is 0.158. The fraction of sp³-hybridized carbons (Fsp3) is 0.348. The number of ether oxygens (including phenoxy) is 1. The molecule has 0 spiro atoms. The molecule has 2 aromatic rings. The molecule has 152 valence electrons. The number of esters is 1. The normalized spacial score (nSPS) is 13.7. The first-order chi connectivity index (χ1) is 14.0. The van der Waals surface area contributed by atoms with Crippen molar-refractivity contribution in [2.45, 2.75) is 38.3 Å². The largest absolute Gasteiger partial charge is 0.452 e. The van der Waals surface area contributed by atoms with Crippen LogP contribution in [0.1, 0.15) is 52.0 Å². The van der Waals surface area contributed by atoms with Gasteiger partial charge in [-0.1, -0.05) is 55.3 Å². The second-order valence-corrected chi connectivity index (χ2v) is 7.32. The molecule has 6 heteroatoms. The molecule has 0 atom stereocenters. The van der Waals surface area contributed by atoms with Gasteiger partial charge in [0.25, 0.3) is 11.8 Å². The van der Waals surface area contributed by atoms with Crippen LogP contribution in [0.15, 0.2) is 54.6 Å². The lowest BCUT2D eigenvalue weighted by Gasteiger charge is -2.19. The lowest BCUT2D eigenvalue weighted by Crippen LogP contribution is -2.36. The van der Waals surface area contributed by atoms with Crippen LogP contribution in [-0.4, -0.2) is 42.4 Å². The summed E-state index contributed by atoms with van der Waals surface area (Å²) < 4.78 is 5.17. The predicted molar refractivity (Wildman–Crippen MR) is 109 cm³/mol. The van der Waals surface area contributed by atoms with Crippen LogP contribution in [0.2, 0.25) is 0 Å². The van der Waals surface area contributed by atoms with E-state index in [1.54, 1.807) is 36.2 Å². The number of benzene rings is 2. The molecule has 6 nitrogen and oxygen atoms in total. The molecule has 0 bridgehead atoms. The van der Waals surface area contributed by atoms with Crippen molar-refractivity contribution in [2.75, 3.05) is 13.7 Å². The Morgan fingerprint density at radius 2 is 1.59 bits per heavy atom. The second-order valence-electron chi connectivity index (χ2n) is 7.32. The highest BCUT2D eigenvalue weighted by molar-refractivity contribution is 6.05. The molecule has 0 aromatic heterocycles. The molecule has 0 aliphatic heterocycles. The van der Waals surface area contributed by atoms with Crippen LogP contribution in [0.25, 0.3) is 0 Å². The van der Waals surface area contributed by atoms with Gasteiger partial charge in [-0.05, 0) is 30.5 Å². The third-order valence-corrected chi connectivity index (χ3v) is 5.04. The fourth-order valence-electron chi connectivity index (χ4n) is 3.53. The van der Waals surface area contributed by atoms with Crippen molar-refractivity contribution in [1.82, 2.24) is 10.2 Å². The summed E-state index contributed by atoms with van der Waals surface area (Å²) in [4.78, 5) is 39.0. The smallest absolute Gasteiger partial charge is 0.339 e. The first-order valence-corrected chi connectivity index (χ1v) is 9.89. The maximum atomic E-state index is 12.9. The minimum Gasteiger partial charge on any atom is -0.452 e. The third kappa shape index (κ3) is 5.67. The van der Waals surface area contributed by atoms with Crippen molar-refractivity contribution in [3.63, 3.8) is 0 Å². The van der Waals surface area contributed by atoms with Crippen molar-refractivity contribution in [3.05, 3.63) is 71.3 Å². The topological polar surface area (TPSA) is 75.7 Å². The zero-order chi connectivity index (χ0) is 20.6. The van der Waals surface area contributed by atoms with Gasteiger partial charge >= 0.3 is 5.97 Å². The molecule has 1 fully saturated rings. The van der Waals surface area contributed by atoms with Gasteiger partial charge in [0.15, 0.2) is 6.61 Å². The van der Waals surface area contributed by atoms with Gasteiger partial charge in [0, 0.05) is 19.6 Å². The monoisotopic (exact) mass is 394 g/mol. The maximum absolute atomic E-state index is 12.9. The molecule has 0 heterocycles.